The van der Waals surface area contributed by atoms with Crippen LogP contribution in [0.3, 0.4) is 0 Å². The molecule has 0 unspecified atom stereocenters. The lowest BCUT2D eigenvalue weighted by Gasteiger charge is -2.03. The lowest BCUT2D eigenvalue weighted by atomic mass is 10.3. The Morgan fingerprint density at radius 2 is 1.90 bits per heavy atom. The summed E-state index contributed by atoms with van der Waals surface area (Å²) in [6.07, 6.45) is 2.51. The molecule has 0 bridgehead atoms. The van der Waals surface area contributed by atoms with Crippen molar-refractivity contribution in [1.82, 2.24) is 10.6 Å². The summed E-state index contributed by atoms with van der Waals surface area (Å²) in [7, 11) is 0. The van der Waals surface area contributed by atoms with Crippen molar-refractivity contribution >= 4 is 0 Å². The molecule has 0 aliphatic carbocycles. The highest BCUT2D eigenvalue weighted by molar-refractivity contribution is 4.46. The van der Waals surface area contributed by atoms with Crippen LogP contribution in [0.1, 0.15) is 19.8 Å². The molecule has 3 heteroatoms. The first-order valence-electron chi connectivity index (χ1n) is 4.03. The highest BCUT2D eigenvalue weighted by atomic mass is 15.1. The summed E-state index contributed by atoms with van der Waals surface area (Å²) in [5.74, 6) is 0. The molecule has 3 nitrogen and oxygen atoms in total. The van der Waals surface area contributed by atoms with Gasteiger partial charge in [-0.15, -0.1) is 0 Å². The van der Waals surface area contributed by atoms with Crippen LogP contribution in [0.2, 0.25) is 0 Å². The van der Waals surface area contributed by atoms with Crippen LogP contribution in [0.5, 0.6) is 0 Å². The van der Waals surface area contributed by atoms with Gasteiger partial charge in [0, 0.05) is 19.8 Å². The molecule has 0 saturated heterocycles. The first-order valence-corrected chi connectivity index (χ1v) is 4.03. The summed E-state index contributed by atoms with van der Waals surface area (Å²) in [4.78, 5) is 0. The summed E-state index contributed by atoms with van der Waals surface area (Å²) in [6, 6.07) is 0. The third-order valence-electron chi connectivity index (χ3n) is 1.28. The monoisotopic (exact) mass is 145 g/mol. The maximum absolute atomic E-state index is 5.28. The van der Waals surface area contributed by atoms with Crippen LogP contribution in [0.25, 0.3) is 0 Å². The highest BCUT2D eigenvalue weighted by Crippen LogP contribution is 1.80. The van der Waals surface area contributed by atoms with Gasteiger partial charge in [0.05, 0.1) is 0 Å². The van der Waals surface area contributed by atoms with E-state index in [1.165, 1.54) is 12.8 Å². The predicted molar refractivity (Wildman–Crippen MR) is 44.8 cm³/mol. The van der Waals surface area contributed by atoms with Crippen molar-refractivity contribution in [1.29, 1.82) is 0 Å². The third kappa shape index (κ3) is 7.88. The van der Waals surface area contributed by atoms with Crippen LogP contribution in [-0.4, -0.2) is 26.3 Å². The minimum absolute atomic E-state index is 0.718. The zero-order valence-electron chi connectivity index (χ0n) is 6.82. The van der Waals surface area contributed by atoms with Crippen LogP contribution in [0.4, 0.5) is 0 Å². The van der Waals surface area contributed by atoms with Crippen molar-refractivity contribution in [3.63, 3.8) is 0 Å². The second-order valence-electron chi connectivity index (χ2n) is 2.32. The molecule has 0 rings (SSSR count). The van der Waals surface area contributed by atoms with E-state index in [-0.39, 0.29) is 0 Å². The quantitative estimate of drug-likeness (QED) is 0.346. The zero-order valence-corrected chi connectivity index (χ0v) is 6.82. The molecule has 0 aliphatic heterocycles. The molecule has 62 valence electrons. The lowest BCUT2D eigenvalue weighted by Crippen LogP contribution is -2.32. The molecule has 0 fully saturated rings. The number of unbranched alkanes of at least 4 members (excludes halogenated alkanes) is 1. The SMILES string of the molecule is CCCCNCNCCN. The summed E-state index contributed by atoms with van der Waals surface area (Å²) in [5, 5.41) is 6.41. The Labute approximate surface area is 63.4 Å². The Hall–Kier alpha value is -0.120. The number of nitrogens with two attached hydrogens (primary N) is 1. The van der Waals surface area contributed by atoms with Gasteiger partial charge in [0.15, 0.2) is 0 Å². The van der Waals surface area contributed by atoms with E-state index in [1.807, 2.05) is 0 Å². The van der Waals surface area contributed by atoms with E-state index in [2.05, 4.69) is 17.6 Å². The molecule has 4 N–H and O–H groups in total. The van der Waals surface area contributed by atoms with Gasteiger partial charge in [-0.25, -0.2) is 0 Å². The molecule has 0 heterocycles. The van der Waals surface area contributed by atoms with Gasteiger partial charge in [-0.1, -0.05) is 13.3 Å². The van der Waals surface area contributed by atoms with Gasteiger partial charge < -0.3 is 16.4 Å². The van der Waals surface area contributed by atoms with Crippen LogP contribution < -0.4 is 16.4 Å². The third-order valence-corrected chi connectivity index (χ3v) is 1.28. The van der Waals surface area contributed by atoms with E-state index in [0.29, 0.717) is 0 Å². The van der Waals surface area contributed by atoms with Gasteiger partial charge >= 0.3 is 0 Å². The number of hydrogen-bond acceptors (Lipinski definition) is 3. The molecular weight excluding hydrogens is 126 g/mol. The summed E-state index contributed by atoms with van der Waals surface area (Å²) in [6.45, 7) is 5.80. The molecule has 10 heavy (non-hydrogen) atoms. The maximum atomic E-state index is 5.28. The number of nitrogens with one attached hydrogen (secondary N) is 2. The van der Waals surface area contributed by atoms with E-state index in [4.69, 9.17) is 5.73 Å². The molecule has 0 atom stereocenters. The van der Waals surface area contributed by atoms with Gasteiger partial charge in [0.2, 0.25) is 0 Å². The molecule has 0 spiro atoms. The largest absolute Gasteiger partial charge is 0.329 e. The van der Waals surface area contributed by atoms with Crippen molar-refractivity contribution in [3.8, 4) is 0 Å². The first kappa shape index (κ1) is 9.88. The van der Waals surface area contributed by atoms with E-state index in [1.54, 1.807) is 0 Å². The first-order chi connectivity index (χ1) is 4.91. The molecule has 0 aromatic carbocycles. The fraction of sp³-hybridized carbons (Fsp3) is 1.00. The summed E-state index contributed by atoms with van der Waals surface area (Å²) in [5.41, 5.74) is 5.28. The second-order valence-corrected chi connectivity index (χ2v) is 2.32. The standard InChI is InChI=1S/C7H19N3/c1-2-3-5-9-7-10-6-4-8/h9-10H,2-8H2,1H3. The lowest BCUT2D eigenvalue weighted by molar-refractivity contribution is 0.570. The Balaban J connectivity index is 2.65. The molecule has 0 radical (unpaired) electrons. The van der Waals surface area contributed by atoms with Gasteiger partial charge in [-0.2, -0.15) is 0 Å². The van der Waals surface area contributed by atoms with Gasteiger partial charge in [-0.05, 0) is 13.0 Å². The Morgan fingerprint density at radius 1 is 1.20 bits per heavy atom. The van der Waals surface area contributed by atoms with Gasteiger partial charge in [-0.3, -0.25) is 0 Å². The number of hydrogen-bond donors (Lipinski definition) is 3. The topological polar surface area (TPSA) is 50.1 Å². The normalized spacial score (nSPS) is 10.2. The predicted octanol–water partition coefficient (Wildman–Crippen LogP) is -0.118. The molecular formula is C7H19N3. The van der Waals surface area contributed by atoms with Gasteiger partial charge in [0.1, 0.15) is 0 Å². The fourth-order valence-corrected chi connectivity index (χ4v) is 0.669. The van der Waals surface area contributed by atoms with E-state index >= 15 is 0 Å². The Morgan fingerprint density at radius 3 is 2.50 bits per heavy atom. The summed E-state index contributed by atoms with van der Waals surface area (Å²) < 4.78 is 0. The van der Waals surface area contributed by atoms with Gasteiger partial charge in [0.25, 0.3) is 0 Å². The van der Waals surface area contributed by atoms with Crippen molar-refractivity contribution in [2.45, 2.75) is 19.8 Å². The highest BCUT2D eigenvalue weighted by Gasteiger charge is 1.83. The van der Waals surface area contributed by atoms with Crippen molar-refractivity contribution < 1.29 is 0 Å². The van der Waals surface area contributed by atoms with E-state index in [9.17, 15) is 0 Å². The number of rotatable bonds is 7. The minimum atomic E-state index is 0.718. The fourth-order valence-electron chi connectivity index (χ4n) is 0.669. The van der Waals surface area contributed by atoms with Crippen molar-refractivity contribution in [3.05, 3.63) is 0 Å². The second kappa shape index (κ2) is 8.88. The zero-order chi connectivity index (χ0) is 7.66. The van der Waals surface area contributed by atoms with Crippen LogP contribution in [0.15, 0.2) is 0 Å². The Bertz CT molecular complexity index is 48.8. The van der Waals surface area contributed by atoms with Crippen LogP contribution in [0, 0.1) is 0 Å². The molecule has 0 amide bonds. The van der Waals surface area contributed by atoms with Crippen LogP contribution >= 0.6 is 0 Å². The molecule has 0 saturated carbocycles. The van der Waals surface area contributed by atoms with E-state index < -0.39 is 0 Å². The van der Waals surface area contributed by atoms with Crippen molar-refractivity contribution in [2.24, 2.45) is 5.73 Å². The molecule has 0 aliphatic rings. The van der Waals surface area contributed by atoms with E-state index in [0.717, 1.165) is 26.3 Å². The molecule has 0 aromatic heterocycles. The van der Waals surface area contributed by atoms with Crippen molar-refractivity contribution in [2.75, 3.05) is 26.3 Å². The average molecular weight is 145 g/mol. The Kier molecular flexibility index (Phi) is 8.77. The maximum Gasteiger partial charge on any atom is 0.0454 e. The smallest absolute Gasteiger partial charge is 0.0454 e. The average Bonchev–Trinajstić information content (AvgIpc) is 1.97. The van der Waals surface area contributed by atoms with Crippen LogP contribution in [-0.2, 0) is 0 Å². The minimum Gasteiger partial charge on any atom is -0.329 e. The summed E-state index contributed by atoms with van der Waals surface area (Å²) >= 11 is 0. The molecule has 0 aromatic rings.